The summed E-state index contributed by atoms with van der Waals surface area (Å²) in [7, 11) is 3.51. The smallest absolute Gasteiger partial charge is 0.181 e. The Morgan fingerprint density at radius 3 is 1.21 bits per heavy atom. The standard InChI is InChI=1S/C19H21Cl2N5O.C19H20Cl2N4O2.C18H19Cl2N5O/c1-23-18-14(9-22)15(13-3-2-12(20)8-16(13)21)11-26-17(10-24-19(18)26)25-4-6-27-7-5-25;1-26-18-14(9-22)15(13-3-2-12(20)8-16(13)21)11-25-17(10-23-19(18)25)24-4-6-27-7-5-24;19-11-1-2-12(15(20)7-11)14-10-25-16(24-3-5-26-6-4-24)9-23-18(25)17(22)13(14)8-21/h2-3,8,10-11,23H,4-7,9,22H2,1H3;2-3,8,10-11H,4-7,9,22H2,1H3;1-2,7,9-10H,3-6,8,21-22H2. The number of imidazole rings is 3. The molecule has 24 heteroatoms. The molecular weight excluding hydrogens is 1150 g/mol. The first-order chi connectivity index (χ1) is 38.9. The van der Waals surface area contributed by atoms with Crippen LogP contribution >= 0.6 is 69.6 Å². The van der Waals surface area contributed by atoms with Crippen molar-refractivity contribution >= 4 is 115 Å². The first kappa shape index (κ1) is 57.3. The number of nitrogens with one attached hydrogen (secondary N) is 1. The van der Waals surface area contributed by atoms with Crippen LogP contribution in [0.5, 0.6) is 5.75 Å². The van der Waals surface area contributed by atoms with E-state index in [0.29, 0.717) is 100.0 Å². The van der Waals surface area contributed by atoms with E-state index in [1.807, 2.05) is 77.2 Å². The van der Waals surface area contributed by atoms with Crippen LogP contribution in [-0.2, 0) is 33.8 Å². The number of nitrogens with zero attached hydrogens (tertiary/aromatic N) is 9. The molecule has 9 heterocycles. The number of anilines is 5. The number of aromatic nitrogens is 6. The zero-order valence-corrected chi connectivity index (χ0v) is 48.5. The molecule has 0 saturated carbocycles. The molecule has 9 N–H and O–H groups in total. The summed E-state index contributed by atoms with van der Waals surface area (Å²) in [6.45, 7) is 10.1. The molecule has 0 unspecified atom stereocenters. The summed E-state index contributed by atoms with van der Waals surface area (Å²) in [6, 6.07) is 16.4. The Balaban J connectivity index is 0.000000135. The maximum absolute atomic E-state index is 6.50. The summed E-state index contributed by atoms with van der Waals surface area (Å²) in [5.74, 6) is 3.65. The number of fused-ring (bicyclic) bond motifs is 3. The monoisotopic (exact) mass is 1200 g/mol. The number of rotatable bonds is 11. The molecule has 0 radical (unpaired) electrons. The minimum absolute atomic E-state index is 0.288. The fraction of sp³-hybridized carbons (Fsp3) is 0.304. The van der Waals surface area contributed by atoms with E-state index in [0.717, 1.165) is 124 Å². The van der Waals surface area contributed by atoms with E-state index in [2.05, 4.69) is 45.6 Å². The zero-order chi connectivity index (χ0) is 56.2. The molecule has 0 amide bonds. The molecule has 0 aliphatic carbocycles. The first-order valence-corrected chi connectivity index (χ1v) is 28.1. The summed E-state index contributed by atoms with van der Waals surface area (Å²) >= 11 is 37.6. The second-order valence-electron chi connectivity index (χ2n) is 18.8. The van der Waals surface area contributed by atoms with Crippen molar-refractivity contribution in [3.63, 3.8) is 0 Å². The van der Waals surface area contributed by atoms with Gasteiger partial charge in [-0.3, -0.25) is 13.2 Å². The normalized spacial score (nSPS) is 14.8. The molecule has 12 rings (SSSR count). The number of pyridine rings is 3. The van der Waals surface area contributed by atoms with Crippen LogP contribution in [0, 0.1) is 0 Å². The highest BCUT2D eigenvalue weighted by Crippen LogP contribution is 2.42. The largest absolute Gasteiger partial charge is 0.492 e. The number of ether oxygens (including phenoxy) is 4. The Hall–Kier alpha value is -5.97. The van der Waals surface area contributed by atoms with Crippen LogP contribution in [0.15, 0.2) is 91.8 Å². The van der Waals surface area contributed by atoms with Gasteiger partial charge in [-0.25, -0.2) is 15.0 Å². The number of halogens is 6. The highest BCUT2D eigenvalue weighted by atomic mass is 35.5. The van der Waals surface area contributed by atoms with Gasteiger partial charge < -0.3 is 61.9 Å². The van der Waals surface area contributed by atoms with Crippen molar-refractivity contribution in [1.82, 2.24) is 28.2 Å². The fourth-order valence-corrected chi connectivity index (χ4v) is 12.0. The van der Waals surface area contributed by atoms with Gasteiger partial charge in [0.2, 0.25) is 0 Å². The third-order valence-corrected chi connectivity index (χ3v) is 16.0. The molecule has 80 heavy (non-hydrogen) atoms. The van der Waals surface area contributed by atoms with Crippen LogP contribution < -0.4 is 47.7 Å². The van der Waals surface area contributed by atoms with E-state index < -0.39 is 0 Å². The lowest BCUT2D eigenvalue weighted by atomic mass is 10.00. The lowest BCUT2D eigenvalue weighted by Gasteiger charge is -2.28. The van der Waals surface area contributed by atoms with E-state index in [4.69, 9.17) is 111 Å². The molecule has 18 nitrogen and oxygen atoms in total. The third-order valence-electron chi connectivity index (χ3n) is 14.4. The average Bonchev–Trinajstić information content (AvgIpc) is 4.24. The van der Waals surface area contributed by atoms with Gasteiger partial charge in [-0.15, -0.1) is 0 Å². The molecule has 3 saturated heterocycles. The molecule has 420 valence electrons. The number of morpholine rings is 3. The summed E-state index contributed by atoms with van der Waals surface area (Å²) in [6.07, 6.45) is 11.7. The van der Waals surface area contributed by atoms with Crippen molar-refractivity contribution in [2.75, 3.05) is 119 Å². The van der Waals surface area contributed by atoms with E-state index in [9.17, 15) is 0 Å². The van der Waals surface area contributed by atoms with E-state index in [-0.39, 0.29) is 6.54 Å². The molecule has 3 aromatic carbocycles. The van der Waals surface area contributed by atoms with Gasteiger partial charge in [0.25, 0.3) is 0 Å². The molecular formula is C56H60Cl6N14O4. The van der Waals surface area contributed by atoms with Crippen molar-refractivity contribution in [2.45, 2.75) is 19.6 Å². The molecule has 0 bridgehead atoms. The Morgan fingerprint density at radius 2 is 0.838 bits per heavy atom. The number of nitrogens with two attached hydrogens (primary N) is 4. The van der Waals surface area contributed by atoms with Crippen molar-refractivity contribution in [3.05, 3.63) is 139 Å². The SMILES string of the molecule is CNc1c(CN)c(-c2ccc(Cl)cc2Cl)cn2c(N3CCOCC3)cnc12.COc1c(CN)c(-c2ccc(Cl)cc2Cl)cn2c(N3CCOCC3)cnc12.NCc1c(-c2ccc(Cl)cc2Cl)cn2c(N3CCOCC3)cnc2c1N. The summed E-state index contributed by atoms with van der Waals surface area (Å²) < 4.78 is 28.2. The minimum atomic E-state index is 0.288. The van der Waals surface area contributed by atoms with E-state index in [1.165, 1.54) is 0 Å². The number of methoxy groups -OCH3 is 1. The minimum Gasteiger partial charge on any atom is -0.492 e. The Morgan fingerprint density at radius 1 is 0.487 bits per heavy atom. The molecule has 6 aromatic heterocycles. The van der Waals surface area contributed by atoms with Crippen LogP contribution in [0.25, 0.3) is 50.3 Å². The van der Waals surface area contributed by atoms with Gasteiger partial charge in [0.15, 0.2) is 22.7 Å². The third kappa shape index (κ3) is 11.5. The van der Waals surface area contributed by atoms with Gasteiger partial charge >= 0.3 is 0 Å². The second kappa shape index (κ2) is 25.4. The second-order valence-corrected chi connectivity index (χ2v) is 21.4. The van der Waals surface area contributed by atoms with Gasteiger partial charge in [-0.05, 0) is 36.4 Å². The maximum Gasteiger partial charge on any atom is 0.181 e. The number of hydrogen-bond acceptors (Lipinski definition) is 15. The predicted octanol–water partition coefficient (Wildman–Crippen LogP) is 10.4. The number of nitrogen functional groups attached to an aromatic ring is 1. The molecule has 0 spiro atoms. The summed E-state index contributed by atoms with van der Waals surface area (Å²) in [5.41, 5.74) is 36.3. The van der Waals surface area contributed by atoms with Crippen molar-refractivity contribution in [3.8, 4) is 39.1 Å². The van der Waals surface area contributed by atoms with Crippen LogP contribution in [0.1, 0.15) is 16.7 Å². The van der Waals surface area contributed by atoms with Crippen LogP contribution in [0.3, 0.4) is 0 Å². The number of benzene rings is 3. The molecule has 9 aromatic rings. The summed E-state index contributed by atoms with van der Waals surface area (Å²) in [4.78, 5) is 20.5. The lowest BCUT2D eigenvalue weighted by Crippen LogP contribution is -2.36. The zero-order valence-electron chi connectivity index (χ0n) is 44.0. The van der Waals surface area contributed by atoms with Crippen molar-refractivity contribution in [1.29, 1.82) is 0 Å². The van der Waals surface area contributed by atoms with Gasteiger partial charge in [0, 0.05) is 165 Å². The maximum atomic E-state index is 6.50. The van der Waals surface area contributed by atoms with Crippen molar-refractivity contribution < 1.29 is 18.9 Å². The average molecular weight is 1210 g/mol. The van der Waals surface area contributed by atoms with Crippen LogP contribution in [-0.4, -0.2) is 121 Å². The van der Waals surface area contributed by atoms with Gasteiger partial charge in [0.1, 0.15) is 17.5 Å². The van der Waals surface area contributed by atoms with Crippen LogP contribution in [0.2, 0.25) is 30.1 Å². The predicted molar refractivity (Wildman–Crippen MR) is 325 cm³/mol. The lowest BCUT2D eigenvalue weighted by molar-refractivity contribution is 0.122. The Labute approximate surface area is 492 Å². The summed E-state index contributed by atoms with van der Waals surface area (Å²) in [5, 5.41) is 6.75. The molecule has 0 atom stereocenters. The Kier molecular flexibility index (Phi) is 18.2. The number of hydrogen-bond donors (Lipinski definition) is 5. The van der Waals surface area contributed by atoms with Gasteiger partial charge in [-0.1, -0.05) is 87.8 Å². The quantitative estimate of drug-likeness (QED) is 0.0815. The molecule has 3 fully saturated rings. The highest BCUT2D eigenvalue weighted by molar-refractivity contribution is 6.37. The van der Waals surface area contributed by atoms with Gasteiger partial charge in [-0.2, -0.15) is 0 Å². The molecule has 3 aliphatic heterocycles. The molecule has 3 aliphatic rings. The first-order valence-electron chi connectivity index (χ1n) is 25.9. The Bertz CT molecular complexity index is 3530. The van der Waals surface area contributed by atoms with Gasteiger partial charge in [0.05, 0.1) is 76.7 Å². The fourth-order valence-electron chi connectivity index (χ4n) is 10.4. The topological polar surface area (TPSA) is 215 Å². The van der Waals surface area contributed by atoms with E-state index >= 15 is 0 Å². The van der Waals surface area contributed by atoms with Crippen molar-refractivity contribution in [2.24, 2.45) is 17.2 Å². The van der Waals surface area contributed by atoms with E-state index in [1.54, 1.807) is 31.4 Å². The van der Waals surface area contributed by atoms with Crippen LogP contribution in [0.4, 0.5) is 28.8 Å². The highest BCUT2D eigenvalue weighted by Gasteiger charge is 2.26.